The van der Waals surface area contributed by atoms with Gasteiger partial charge in [-0.3, -0.25) is 9.59 Å². The van der Waals surface area contributed by atoms with Crippen molar-refractivity contribution >= 4 is 17.5 Å². The zero-order valence-electron chi connectivity index (χ0n) is 15.7. The van der Waals surface area contributed by atoms with Crippen LogP contribution in [0.5, 0.6) is 0 Å². The van der Waals surface area contributed by atoms with Crippen molar-refractivity contribution in [1.82, 2.24) is 4.90 Å². The van der Waals surface area contributed by atoms with Crippen LogP contribution in [0.2, 0.25) is 0 Å². The van der Waals surface area contributed by atoms with E-state index in [1.807, 2.05) is 4.90 Å². The Morgan fingerprint density at radius 3 is 2.81 bits per heavy atom. The molecule has 3 fully saturated rings. The number of ether oxygens (including phenoxy) is 1. The summed E-state index contributed by atoms with van der Waals surface area (Å²) in [5.41, 5.74) is 0.00108. The Labute approximate surface area is 159 Å². The molecule has 1 aliphatic carbocycles. The Balaban J connectivity index is 1.46. The highest BCUT2D eigenvalue weighted by molar-refractivity contribution is 5.95. The van der Waals surface area contributed by atoms with Gasteiger partial charge in [-0.05, 0) is 49.8 Å². The summed E-state index contributed by atoms with van der Waals surface area (Å²) < 4.78 is 19.6. The van der Waals surface area contributed by atoms with E-state index in [1.54, 1.807) is 17.0 Å². The van der Waals surface area contributed by atoms with E-state index in [-0.39, 0.29) is 24.2 Å². The van der Waals surface area contributed by atoms with Crippen molar-refractivity contribution in [3.63, 3.8) is 0 Å². The second-order valence-corrected chi connectivity index (χ2v) is 8.20. The zero-order chi connectivity index (χ0) is 18.9. The number of carbonyl (C=O) groups excluding carboxylic acids is 2. The first-order chi connectivity index (χ1) is 13.0. The molecule has 2 aliphatic heterocycles. The number of nitrogens with zero attached hydrogens (tertiary/aromatic N) is 2. The molecule has 1 spiro atoms. The van der Waals surface area contributed by atoms with Crippen LogP contribution in [0.1, 0.15) is 44.9 Å². The third kappa shape index (κ3) is 4.00. The highest BCUT2D eigenvalue weighted by atomic mass is 19.1. The predicted molar refractivity (Wildman–Crippen MR) is 99.8 cm³/mol. The zero-order valence-corrected chi connectivity index (χ0v) is 15.7. The lowest BCUT2D eigenvalue weighted by Gasteiger charge is -2.47. The van der Waals surface area contributed by atoms with E-state index in [0.717, 1.165) is 32.2 Å². The van der Waals surface area contributed by atoms with Gasteiger partial charge in [0.25, 0.3) is 5.91 Å². The summed E-state index contributed by atoms with van der Waals surface area (Å²) in [6, 6.07) is 6.10. The van der Waals surface area contributed by atoms with E-state index in [9.17, 15) is 14.0 Å². The Bertz CT molecular complexity index is 719. The number of anilines is 1. The van der Waals surface area contributed by atoms with Gasteiger partial charge in [0.05, 0.1) is 13.1 Å². The van der Waals surface area contributed by atoms with Crippen molar-refractivity contribution in [1.29, 1.82) is 0 Å². The molecule has 0 radical (unpaired) electrons. The molecular formula is C21H27FN2O3. The molecule has 4 rings (SSSR count). The fraction of sp³-hybridized carbons (Fsp3) is 0.619. The second-order valence-electron chi connectivity index (χ2n) is 8.20. The van der Waals surface area contributed by atoms with Crippen LogP contribution in [0, 0.1) is 11.7 Å². The van der Waals surface area contributed by atoms with Crippen LogP contribution in [0.3, 0.4) is 0 Å². The van der Waals surface area contributed by atoms with E-state index in [1.165, 1.54) is 25.0 Å². The van der Waals surface area contributed by atoms with Crippen molar-refractivity contribution in [3.8, 4) is 0 Å². The minimum atomic E-state index is -0.552. The van der Waals surface area contributed by atoms with Crippen LogP contribution in [0.4, 0.5) is 10.1 Å². The van der Waals surface area contributed by atoms with Gasteiger partial charge in [0.15, 0.2) is 0 Å². The molecule has 3 aliphatic rings. The number of rotatable bonds is 3. The van der Waals surface area contributed by atoms with Crippen molar-refractivity contribution < 1.29 is 18.7 Å². The van der Waals surface area contributed by atoms with Gasteiger partial charge in [0.1, 0.15) is 18.0 Å². The lowest BCUT2D eigenvalue weighted by atomic mass is 9.89. The molecule has 0 bridgehead atoms. The molecule has 0 N–H and O–H groups in total. The molecule has 1 aromatic rings. The van der Waals surface area contributed by atoms with Gasteiger partial charge < -0.3 is 14.5 Å². The highest BCUT2D eigenvalue weighted by Crippen LogP contribution is 2.33. The highest BCUT2D eigenvalue weighted by Gasteiger charge is 2.44. The molecule has 27 heavy (non-hydrogen) atoms. The Morgan fingerprint density at radius 1 is 1.22 bits per heavy atom. The number of hydrogen-bond acceptors (Lipinski definition) is 3. The van der Waals surface area contributed by atoms with E-state index in [0.29, 0.717) is 31.1 Å². The SMILES string of the molecule is O=C(CC1CCCC1)N1CCCC2(C1)CN(c1cccc(F)c1)C(=O)CO2. The van der Waals surface area contributed by atoms with Gasteiger partial charge in [-0.15, -0.1) is 0 Å². The van der Waals surface area contributed by atoms with E-state index in [2.05, 4.69) is 0 Å². The van der Waals surface area contributed by atoms with Crippen molar-refractivity contribution in [2.75, 3.05) is 31.1 Å². The summed E-state index contributed by atoms with van der Waals surface area (Å²) >= 11 is 0. The molecule has 6 heteroatoms. The Kier molecular flexibility index (Phi) is 5.17. The molecule has 146 valence electrons. The fourth-order valence-corrected chi connectivity index (χ4v) is 4.74. The maximum atomic E-state index is 13.6. The normalized spacial score (nSPS) is 26.8. The van der Waals surface area contributed by atoms with Crippen LogP contribution >= 0.6 is 0 Å². The number of likely N-dealkylation sites (tertiary alicyclic amines) is 1. The minimum Gasteiger partial charge on any atom is -0.361 e. The largest absolute Gasteiger partial charge is 0.361 e. The van der Waals surface area contributed by atoms with Gasteiger partial charge in [-0.2, -0.15) is 0 Å². The van der Waals surface area contributed by atoms with E-state index >= 15 is 0 Å². The number of carbonyl (C=O) groups is 2. The molecule has 2 amide bonds. The number of morpholine rings is 1. The lowest BCUT2D eigenvalue weighted by Crippen LogP contribution is -2.62. The first-order valence-corrected chi connectivity index (χ1v) is 10.0. The van der Waals surface area contributed by atoms with Gasteiger partial charge in [0, 0.05) is 18.7 Å². The number of piperidine rings is 1. The molecule has 1 saturated carbocycles. The van der Waals surface area contributed by atoms with Crippen LogP contribution in [0.15, 0.2) is 24.3 Å². The molecule has 1 unspecified atom stereocenters. The first-order valence-electron chi connectivity index (χ1n) is 10.0. The summed E-state index contributed by atoms with van der Waals surface area (Å²) in [4.78, 5) is 28.7. The molecular weight excluding hydrogens is 347 g/mol. The summed E-state index contributed by atoms with van der Waals surface area (Å²) in [5, 5.41) is 0. The second kappa shape index (κ2) is 7.58. The molecule has 0 aromatic heterocycles. The third-order valence-corrected chi connectivity index (χ3v) is 6.20. The van der Waals surface area contributed by atoms with E-state index in [4.69, 9.17) is 4.74 Å². The maximum Gasteiger partial charge on any atom is 0.253 e. The topological polar surface area (TPSA) is 49.9 Å². The van der Waals surface area contributed by atoms with Crippen LogP contribution in [-0.4, -0.2) is 48.6 Å². The lowest BCUT2D eigenvalue weighted by molar-refractivity contribution is -0.153. The van der Waals surface area contributed by atoms with Gasteiger partial charge in [-0.25, -0.2) is 4.39 Å². The molecule has 1 aromatic carbocycles. The van der Waals surface area contributed by atoms with Crippen molar-refractivity contribution in [2.24, 2.45) is 5.92 Å². The quantitative estimate of drug-likeness (QED) is 0.817. The van der Waals surface area contributed by atoms with Crippen LogP contribution in [-0.2, 0) is 14.3 Å². The molecule has 2 heterocycles. The Morgan fingerprint density at radius 2 is 2.04 bits per heavy atom. The van der Waals surface area contributed by atoms with E-state index < -0.39 is 5.60 Å². The summed E-state index contributed by atoms with van der Waals surface area (Å²) in [5.74, 6) is 0.199. The standard InChI is InChI=1S/C21H27FN2O3/c22-17-7-3-8-18(12-17)24-15-21(27-13-20(24)26)9-4-10-23(14-21)19(25)11-16-5-1-2-6-16/h3,7-8,12,16H,1-2,4-6,9-11,13-15H2. The van der Waals surface area contributed by atoms with Crippen molar-refractivity contribution in [2.45, 2.75) is 50.5 Å². The first kappa shape index (κ1) is 18.4. The molecule has 1 atom stereocenters. The molecule has 5 nitrogen and oxygen atoms in total. The number of amides is 2. The van der Waals surface area contributed by atoms with Crippen LogP contribution in [0.25, 0.3) is 0 Å². The average molecular weight is 374 g/mol. The summed E-state index contributed by atoms with van der Waals surface area (Å²) in [6.45, 7) is 1.60. The summed E-state index contributed by atoms with van der Waals surface area (Å²) in [7, 11) is 0. The number of benzene rings is 1. The fourth-order valence-electron chi connectivity index (χ4n) is 4.74. The minimum absolute atomic E-state index is 0.0266. The predicted octanol–water partition coefficient (Wildman–Crippen LogP) is 3.13. The third-order valence-electron chi connectivity index (χ3n) is 6.20. The smallest absolute Gasteiger partial charge is 0.253 e. The summed E-state index contributed by atoms with van der Waals surface area (Å²) in [6.07, 6.45) is 7.07. The van der Waals surface area contributed by atoms with Gasteiger partial charge >= 0.3 is 0 Å². The van der Waals surface area contributed by atoms with Crippen LogP contribution < -0.4 is 4.90 Å². The molecule has 2 saturated heterocycles. The number of hydrogen-bond donors (Lipinski definition) is 0. The Hall–Kier alpha value is -1.95. The average Bonchev–Trinajstić information content (AvgIpc) is 3.17. The van der Waals surface area contributed by atoms with Gasteiger partial charge in [0.2, 0.25) is 5.91 Å². The van der Waals surface area contributed by atoms with Gasteiger partial charge in [-0.1, -0.05) is 18.9 Å². The number of halogens is 1. The maximum absolute atomic E-state index is 13.6. The monoisotopic (exact) mass is 374 g/mol. The van der Waals surface area contributed by atoms with Crippen molar-refractivity contribution in [3.05, 3.63) is 30.1 Å².